The summed E-state index contributed by atoms with van der Waals surface area (Å²) in [5.74, 6) is 0.509. The van der Waals surface area contributed by atoms with Crippen molar-refractivity contribution in [3.05, 3.63) is 29.6 Å². The SMILES string of the molecule is CCOc1ccc(-c2csc(NC(=O)C(N)COC)n2)cc1.Cl. The van der Waals surface area contributed by atoms with Crippen LogP contribution in [-0.4, -0.2) is 37.3 Å². The Bertz CT molecular complexity index is 619. The van der Waals surface area contributed by atoms with Crippen LogP contribution in [0.5, 0.6) is 5.75 Å². The summed E-state index contributed by atoms with van der Waals surface area (Å²) in [5, 5.41) is 5.08. The van der Waals surface area contributed by atoms with Gasteiger partial charge in [-0.15, -0.1) is 23.7 Å². The van der Waals surface area contributed by atoms with Gasteiger partial charge in [-0.05, 0) is 31.2 Å². The third-order valence-corrected chi connectivity index (χ3v) is 3.64. The minimum absolute atomic E-state index is 0. The summed E-state index contributed by atoms with van der Waals surface area (Å²) >= 11 is 1.35. The Morgan fingerprint density at radius 1 is 1.39 bits per heavy atom. The number of benzene rings is 1. The molecule has 1 amide bonds. The van der Waals surface area contributed by atoms with E-state index in [9.17, 15) is 4.79 Å². The van der Waals surface area contributed by atoms with Gasteiger partial charge in [-0.2, -0.15) is 0 Å². The molecule has 0 spiro atoms. The summed E-state index contributed by atoms with van der Waals surface area (Å²) in [4.78, 5) is 16.2. The van der Waals surface area contributed by atoms with Crippen molar-refractivity contribution in [2.24, 2.45) is 5.73 Å². The number of halogens is 1. The number of nitrogens with one attached hydrogen (secondary N) is 1. The quantitative estimate of drug-likeness (QED) is 0.795. The van der Waals surface area contributed by atoms with E-state index in [1.807, 2.05) is 36.6 Å². The zero-order valence-corrected chi connectivity index (χ0v) is 14.6. The molecule has 0 bridgehead atoms. The van der Waals surface area contributed by atoms with Crippen molar-refractivity contribution in [2.45, 2.75) is 13.0 Å². The fraction of sp³-hybridized carbons (Fsp3) is 0.333. The van der Waals surface area contributed by atoms with Gasteiger partial charge in [0.05, 0.1) is 18.9 Å². The molecule has 126 valence electrons. The molecule has 6 nitrogen and oxygen atoms in total. The van der Waals surface area contributed by atoms with Crippen LogP contribution in [0.25, 0.3) is 11.3 Å². The van der Waals surface area contributed by atoms with Gasteiger partial charge < -0.3 is 20.5 Å². The lowest BCUT2D eigenvalue weighted by Gasteiger charge is -2.08. The smallest absolute Gasteiger partial charge is 0.245 e. The standard InChI is InChI=1S/C15H19N3O3S.ClH/c1-3-21-11-6-4-10(5-7-11)13-9-22-15(17-13)18-14(19)12(16)8-20-2;/h4-7,9,12H,3,8,16H2,1-2H3,(H,17,18,19);1H. The van der Waals surface area contributed by atoms with E-state index in [4.69, 9.17) is 15.2 Å². The first-order valence-corrected chi connectivity index (χ1v) is 7.76. The Balaban J connectivity index is 0.00000264. The van der Waals surface area contributed by atoms with Crippen LogP contribution in [0, 0.1) is 0 Å². The first-order valence-electron chi connectivity index (χ1n) is 6.88. The number of methoxy groups -OCH3 is 1. The molecular formula is C15H20ClN3O3S. The minimum Gasteiger partial charge on any atom is -0.494 e. The van der Waals surface area contributed by atoms with E-state index >= 15 is 0 Å². The topological polar surface area (TPSA) is 86.5 Å². The highest BCUT2D eigenvalue weighted by Gasteiger charge is 2.15. The van der Waals surface area contributed by atoms with Crippen LogP contribution >= 0.6 is 23.7 Å². The number of hydrogen-bond donors (Lipinski definition) is 2. The summed E-state index contributed by atoms with van der Waals surface area (Å²) in [6.45, 7) is 2.74. The molecule has 0 aliphatic rings. The minimum atomic E-state index is -0.706. The van der Waals surface area contributed by atoms with Crippen LogP contribution in [0.3, 0.4) is 0 Å². The van der Waals surface area contributed by atoms with E-state index in [0.717, 1.165) is 17.0 Å². The highest BCUT2D eigenvalue weighted by molar-refractivity contribution is 7.14. The fourth-order valence-electron chi connectivity index (χ4n) is 1.81. The van der Waals surface area contributed by atoms with Gasteiger partial charge >= 0.3 is 0 Å². The van der Waals surface area contributed by atoms with Gasteiger partial charge in [0.15, 0.2) is 5.13 Å². The molecule has 0 saturated heterocycles. The number of ether oxygens (including phenoxy) is 2. The molecule has 2 rings (SSSR count). The second-order valence-electron chi connectivity index (χ2n) is 4.55. The highest BCUT2D eigenvalue weighted by atomic mass is 35.5. The summed E-state index contributed by atoms with van der Waals surface area (Å²) in [6, 6.07) is 6.95. The van der Waals surface area contributed by atoms with Crippen molar-refractivity contribution in [3.8, 4) is 17.0 Å². The van der Waals surface area contributed by atoms with Gasteiger partial charge in [0, 0.05) is 18.1 Å². The maximum absolute atomic E-state index is 11.8. The average molecular weight is 358 g/mol. The molecule has 1 unspecified atom stereocenters. The van der Waals surface area contributed by atoms with E-state index in [-0.39, 0.29) is 24.9 Å². The van der Waals surface area contributed by atoms with E-state index in [1.165, 1.54) is 18.4 Å². The molecule has 1 heterocycles. The predicted octanol–water partition coefficient (Wildman–Crippen LogP) is 2.54. The van der Waals surface area contributed by atoms with Crippen molar-refractivity contribution in [1.82, 2.24) is 4.98 Å². The second kappa shape index (κ2) is 9.46. The molecule has 0 radical (unpaired) electrons. The van der Waals surface area contributed by atoms with Gasteiger partial charge in [0.2, 0.25) is 5.91 Å². The van der Waals surface area contributed by atoms with Gasteiger partial charge in [-0.3, -0.25) is 4.79 Å². The number of carbonyl (C=O) groups excluding carboxylic acids is 1. The van der Waals surface area contributed by atoms with Crippen molar-refractivity contribution in [1.29, 1.82) is 0 Å². The number of rotatable bonds is 7. The van der Waals surface area contributed by atoms with Gasteiger partial charge in [-0.1, -0.05) is 0 Å². The van der Waals surface area contributed by atoms with Gasteiger partial charge in [0.25, 0.3) is 0 Å². The Morgan fingerprint density at radius 3 is 2.70 bits per heavy atom. The molecule has 1 atom stereocenters. The number of nitrogens with zero attached hydrogens (tertiary/aromatic N) is 1. The number of hydrogen-bond acceptors (Lipinski definition) is 6. The number of thiazole rings is 1. The molecule has 1 aromatic carbocycles. The van der Waals surface area contributed by atoms with E-state index in [1.54, 1.807) is 0 Å². The van der Waals surface area contributed by atoms with Gasteiger partial charge in [0.1, 0.15) is 11.8 Å². The molecule has 2 aromatic rings. The zero-order valence-electron chi connectivity index (χ0n) is 12.9. The lowest BCUT2D eigenvalue weighted by atomic mass is 10.2. The van der Waals surface area contributed by atoms with Crippen molar-refractivity contribution in [2.75, 3.05) is 25.6 Å². The molecule has 8 heteroatoms. The molecule has 1 aromatic heterocycles. The van der Waals surface area contributed by atoms with Crippen LogP contribution < -0.4 is 15.8 Å². The highest BCUT2D eigenvalue weighted by Crippen LogP contribution is 2.26. The number of nitrogens with two attached hydrogens (primary N) is 1. The molecule has 3 N–H and O–H groups in total. The third-order valence-electron chi connectivity index (χ3n) is 2.88. The van der Waals surface area contributed by atoms with Crippen LogP contribution in [0.1, 0.15) is 6.92 Å². The van der Waals surface area contributed by atoms with Crippen molar-refractivity contribution >= 4 is 34.8 Å². The third kappa shape index (κ3) is 5.47. The Labute approximate surface area is 145 Å². The fourth-order valence-corrected chi connectivity index (χ4v) is 2.53. The van der Waals surface area contributed by atoms with E-state index in [0.29, 0.717) is 11.7 Å². The Hall–Kier alpha value is -1.67. The number of aromatic nitrogens is 1. The van der Waals surface area contributed by atoms with Crippen LogP contribution in [0.15, 0.2) is 29.6 Å². The van der Waals surface area contributed by atoms with E-state index < -0.39 is 6.04 Å². The monoisotopic (exact) mass is 357 g/mol. The summed E-state index contributed by atoms with van der Waals surface area (Å²) in [5.41, 5.74) is 7.42. The van der Waals surface area contributed by atoms with Gasteiger partial charge in [-0.25, -0.2) is 4.98 Å². The second-order valence-corrected chi connectivity index (χ2v) is 5.40. The Morgan fingerprint density at radius 2 is 2.09 bits per heavy atom. The van der Waals surface area contributed by atoms with Crippen LogP contribution in [-0.2, 0) is 9.53 Å². The molecule has 0 fully saturated rings. The average Bonchev–Trinajstić information content (AvgIpc) is 2.97. The molecule has 0 aliphatic heterocycles. The van der Waals surface area contributed by atoms with E-state index in [2.05, 4.69) is 10.3 Å². The predicted molar refractivity (Wildman–Crippen MR) is 94.4 cm³/mol. The maximum atomic E-state index is 11.8. The zero-order chi connectivity index (χ0) is 15.9. The largest absolute Gasteiger partial charge is 0.494 e. The summed E-state index contributed by atoms with van der Waals surface area (Å²) in [6.07, 6.45) is 0. The Kier molecular flexibility index (Phi) is 7.97. The first-order chi connectivity index (χ1) is 10.6. The normalized spacial score (nSPS) is 11.4. The van der Waals surface area contributed by atoms with Crippen molar-refractivity contribution in [3.63, 3.8) is 0 Å². The molecule has 0 aliphatic carbocycles. The summed E-state index contributed by atoms with van der Waals surface area (Å²) < 4.78 is 10.3. The number of anilines is 1. The van der Waals surface area contributed by atoms with Crippen LogP contribution in [0.4, 0.5) is 5.13 Å². The lowest BCUT2D eigenvalue weighted by Crippen LogP contribution is -2.39. The number of amides is 1. The molecule has 23 heavy (non-hydrogen) atoms. The summed E-state index contributed by atoms with van der Waals surface area (Å²) in [7, 11) is 1.50. The molecule has 0 saturated carbocycles. The lowest BCUT2D eigenvalue weighted by molar-refractivity contribution is -0.118. The maximum Gasteiger partial charge on any atom is 0.245 e. The first kappa shape index (κ1) is 19.4. The molecular weight excluding hydrogens is 338 g/mol. The number of carbonyl (C=O) groups is 1. The van der Waals surface area contributed by atoms with Crippen LogP contribution in [0.2, 0.25) is 0 Å². The van der Waals surface area contributed by atoms with Crippen molar-refractivity contribution < 1.29 is 14.3 Å².